The van der Waals surface area contributed by atoms with E-state index < -0.39 is 6.09 Å². The zero-order valence-corrected chi connectivity index (χ0v) is 17.1. The van der Waals surface area contributed by atoms with Crippen molar-refractivity contribution in [3.8, 4) is 0 Å². The maximum atomic E-state index is 12.7. The van der Waals surface area contributed by atoms with Crippen LogP contribution in [0.3, 0.4) is 0 Å². The van der Waals surface area contributed by atoms with Crippen molar-refractivity contribution < 1.29 is 19.1 Å². The molecule has 0 spiro atoms. The van der Waals surface area contributed by atoms with Gasteiger partial charge in [0.05, 0.1) is 18.5 Å². The molecule has 0 bridgehead atoms. The highest BCUT2D eigenvalue weighted by Crippen LogP contribution is 2.25. The van der Waals surface area contributed by atoms with Gasteiger partial charge in [-0.25, -0.2) is 4.79 Å². The first-order valence-corrected chi connectivity index (χ1v) is 9.55. The van der Waals surface area contributed by atoms with E-state index in [1.807, 2.05) is 13.0 Å². The Kier molecular flexibility index (Phi) is 8.29. The third-order valence-electron chi connectivity index (χ3n) is 4.00. The number of methoxy groups -OCH3 is 1. The van der Waals surface area contributed by atoms with Gasteiger partial charge in [0.1, 0.15) is 0 Å². The summed E-state index contributed by atoms with van der Waals surface area (Å²) >= 11 is 5.10. The van der Waals surface area contributed by atoms with Crippen LogP contribution >= 0.6 is 12.2 Å². The number of anilines is 2. The van der Waals surface area contributed by atoms with Gasteiger partial charge in [0.2, 0.25) is 5.91 Å². The van der Waals surface area contributed by atoms with Crippen LogP contribution in [-0.2, 0) is 9.53 Å². The van der Waals surface area contributed by atoms with Crippen LogP contribution in [-0.4, -0.2) is 30.0 Å². The minimum Gasteiger partial charge on any atom is -0.453 e. The lowest BCUT2D eigenvalue weighted by Gasteiger charge is -2.15. The second kappa shape index (κ2) is 10.9. The number of hydrogen-bond donors (Lipinski definition) is 3. The minimum absolute atomic E-state index is 0.0229. The zero-order chi connectivity index (χ0) is 21.2. The van der Waals surface area contributed by atoms with Crippen LogP contribution < -0.4 is 16.0 Å². The molecule has 0 saturated heterocycles. The summed E-state index contributed by atoms with van der Waals surface area (Å²) in [5, 5.41) is 7.96. The van der Waals surface area contributed by atoms with Crippen molar-refractivity contribution in [2.75, 3.05) is 17.7 Å². The number of ether oxygens (including phenoxy) is 1. The summed E-state index contributed by atoms with van der Waals surface area (Å²) in [7, 11) is 1.22. The lowest BCUT2D eigenvalue weighted by atomic mass is 10.0. The van der Waals surface area contributed by atoms with Gasteiger partial charge in [-0.2, -0.15) is 0 Å². The molecule has 2 rings (SSSR count). The topological polar surface area (TPSA) is 96.5 Å². The number of carbonyl (C=O) groups excluding carboxylic acids is 3. The van der Waals surface area contributed by atoms with Crippen LogP contribution in [0.5, 0.6) is 0 Å². The van der Waals surface area contributed by atoms with Crippen molar-refractivity contribution >= 4 is 46.5 Å². The van der Waals surface area contributed by atoms with E-state index in [-0.39, 0.29) is 16.8 Å². The first-order valence-electron chi connectivity index (χ1n) is 9.14. The van der Waals surface area contributed by atoms with Gasteiger partial charge in [0, 0.05) is 17.5 Å². The highest BCUT2D eigenvalue weighted by atomic mass is 32.1. The summed E-state index contributed by atoms with van der Waals surface area (Å²) in [5.74, 6) is -0.326. The van der Waals surface area contributed by atoms with Gasteiger partial charge in [-0.05, 0) is 36.8 Å². The van der Waals surface area contributed by atoms with Crippen LogP contribution in [0, 0.1) is 0 Å². The van der Waals surface area contributed by atoms with Crippen molar-refractivity contribution in [3.05, 3.63) is 59.7 Å². The predicted octanol–water partition coefficient (Wildman–Crippen LogP) is 4.10. The molecule has 0 aliphatic carbocycles. The van der Waals surface area contributed by atoms with Crippen LogP contribution in [0.4, 0.5) is 16.2 Å². The highest BCUT2D eigenvalue weighted by molar-refractivity contribution is 7.80. The van der Waals surface area contributed by atoms with E-state index in [9.17, 15) is 14.4 Å². The van der Waals surface area contributed by atoms with Crippen molar-refractivity contribution in [2.45, 2.75) is 26.2 Å². The summed E-state index contributed by atoms with van der Waals surface area (Å²) < 4.78 is 4.52. The molecule has 0 aromatic heterocycles. The number of benzene rings is 2. The molecule has 2 amide bonds. The molecule has 2 aromatic rings. The van der Waals surface area contributed by atoms with E-state index >= 15 is 0 Å². The number of rotatable bonds is 7. The number of ketones is 1. The Balaban J connectivity index is 2.30. The molecule has 8 heteroatoms. The molecule has 29 heavy (non-hydrogen) atoms. The number of thiocarbonyl (C=S) groups is 1. The lowest BCUT2D eigenvalue weighted by Crippen LogP contribution is -2.34. The first kappa shape index (κ1) is 22.0. The molecule has 0 unspecified atom stereocenters. The van der Waals surface area contributed by atoms with E-state index in [0.29, 0.717) is 28.9 Å². The van der Waals surface area contributed by atoms with Gasteiger partial charge in [-0.1, -0.05) is 43.7 Å². The number of nitrogens with one attached hydrogen (secondary N) is 3. The number of carbonyl (C=O) groups is 3. The fourth-order valence-corrected chi connectivity index (χ4v) is 2.69. The summed E-state index contributed by atoms with van der Waals surface area (Å²) in [6, 6.07) is 13.7. The average molecular weight is 413 g/mol. The SMILES string of the molecule is CCCCC(=O)Nc1ccc(C(=O)c2ccccc2)cc1NC(=S)NC(=O)OC. The van der Waals surface area contributed by atoms with Crippen molar-refractivity contribution in [1.82, 2.24) is 5.32 Å². The fourth-order valence-electron chi connectivity index (χ4n) is 2.50. The number of amides is 2. The number of alkyl carbamates (subject to hydrolysis) is 1. The average Bonchev–Trinajstić information content (AvgIpc) is 2.73. The monoisotopic (exact) mass is 413 g/mol. The molecule has 0 aliphatic rings. The van der Waals surface area contributed by atoms with Gasteiger partial charge in [-0.15, -0.1) is 0 Å². The van der Waals surface area contributed by atoms with Gasteiger partial charge in [0.15, 0.2) is 10.9 Å². The van der Waals surface area contributed by atoms with E-state index in [1.165, 1.54) is 7.11 Å². The Morgan fingerprint density at radius 1 is 0.966 bits per heavy atom. The van der Waals surface area contributed by atoms with Crippen LogP contribution in [0.25, 0.3) is 0 Å². The highest BCUT2D eigenvalue weighted by Gasteiger charge is 2.15. The maximum absolute atomic E-state index is 12.7. The smallest absolute Gasteiger partial charge is 0.413 e. The van der Waals surface area contributed by atoms with Crippen molar-refractivity contribution in [1.29, 1.82) is 0 Å². The van der Waals surface area contributed by atoms with Crippen molar-refractivity contribution in [2.24, 2.45) is 0 Å². The predicted molar refractivity (Wildman–Crippen MR) is 116 cm³/mol. The quantitative estimate of drug-likeness (QED) is 0.467. The molecule has 0 aliphatic heterocycles. The molecule has 0 atom stereocenters. The Bertz CT molecular complexity index is 900. The molecule has 0 radical (unpaired) electrons. The fraction of sp³-hybridized carbons (Fsp3) is 0.238. The Morgan fingerprint density at radius 2 is 1.69 bits per heavy atom. The standard InChI is InChI=1S/C21H23N3O4S/c1-3-4-10-18(25)22-16-12-11-15(19(26)14-8-6-5-7-9-14)13-17(16)23-20(29)24-21(27)28-2/h5-9,11-13H,3-4,10H2,1-2H3,(H,22,25)(H2,23,24,27,29). The molecule has 0 fully saturated rings. The summed E-state index contributed by atoms with van der Waals surface area (Å²) in [6.07, 6.45) is 1.32. The molecule has 152 valence electrons. The molecule has 0 saturated carbocycles. The van der Waals surface area contributed by atoms with E-state index in [4.69, 9.17) is 12.2 Å². The lowest BCUT2D eigenvalue weighted by molar-refractivity contribution is -0.116. The third kappa shape index (κ3) is 6.69. The van der Waals surface area contributed by atoms with E-state index in [2.05, 4.69) is 20.7 Å². The van der Waals surface area contributed by atoms with Gasteiger partial charge < -0.3 is 15.4 Å². The van der Waals surface area contributed by atoms with Crippen molar-refractivity contribution in [3.63, 3.8) is 0 Å². The molecule has 0 heterocycles. The molecule has 7 nitrogen and oxygen atoms in total. The number of hydrogen-bond acceptors (Lipinski definition) is 5. The second-order valence-electron chi connectivity index (χ2n) is 6.18. The van der Waals surface area contributed by atoms with Crippen LogP contribution in [0.15, 0.2) is 48.5 Å². The van der Waals surface area contributed by atoms with Crippen LogP contribution in [0.1, 0.15) is 42.1 Å². The molecular weight excluding hydrogens is 390 g/mol. The summed E-state index contributed by atoms with van der Waals surface area (Å²) in [5.41, 5.74) is 1.78. The Morgan fingerprint density at radius 3 is 2.34 bits per heavy atom. The first-order chi connectivity index (χ1) is 13.9. The maximum Gasteiger partial charge on any atom is 0.413 e. The van der Waals surface area contributed by atoms with Gasteiger partial charge >= 0.3 is 6.09 Å². The molecule has 2 aromatic carbocycles. The largest absolute Gasteiger partial charge is 0.453 e. The van der Waals surface area contributed by atoms with Crippen LogP contribution in [0.2, 0.25) is 0 Å². The summed E-state index contributed by atoms with van der Waals surface area (Å²) in [4.78, 5) is 36.3. The van der Waals surface area contributed by atoms with Gasteiger partial charge in [-0.3, -0.25) is 14.9 Å². The van der Waals surface area contributed by atoms with E-state index in [1.54, 1.807) is 42.5 Å². The molecule has 3 N–H and O–H groups in total. The molecular formula is C21H23N3O4S. The second-order valence-corrected chi connectivity index (χ2v) is 6.59. The van der Waals surface area contributed by atoms with E-state index in [0.717, 1.165) is 12.8 Å². The third-order valence-corrected chi connectivity index (χ3v) is 4.20. The van der Waals surface area contributed by atoms with Gasteiger partial charge in [0.25, 0.3) is 0 Å². The zero-order valence-electron chi connectivity index (χ0n) is 16.3. The Hall–Kier alpha value is -3.26. The normalized spacial score (nSPS) is 10.0. The summed E-state index contributed by atoms with van der Waals surface area (Å²) in [6.45, 7) is 2.00. The minimum atomic E-state index is -0.729. The Labute approximate surface area is 174 Å². The number of unbranched alkanes of at least 4 members (excludes halogenated alkanes) is 1.